The molecule has 0 spiro atoms. The predicted octanol–water partition coefficient (Wildman–Crippen LogP) is 3.00. The van der Waals surface area contributed by atoms with E-state index in [4.69, 9.17) is 5.73 Å². The first-order valence-electron chi connectivity index (χ1n) is 8.86. The van der Waals surface area contributed by atoms with E-state index in [-0.39, 0.29) is 24.6 Å². The Morgan fingerprint density at radius 3 is 2.68 bits per heavy atom. The summed E-state index contributed by atoms with van der Waals surface area (Å²) in [6.07, 6.45) is 2.79. The van der Waals surface area contributed by atoms with Gasteiger partial charge in [-0.15, -0.1) is 0 Å². The minimum Gasteiger partial charge on any atom is -0.380 e. The average Bonchev–Trinajstić information content (AvgIpc) is 2.54. The third-order valence-electron chi connectivity index (χ3n) is 6.37. The second-order valence-electron chi connectivity index (χ2n) is 7.97. The zero-order valence-electron chi connectivity index (χ0n) is 15.7. The molecule has 25 heavy (non-hydrogen) atoms. The average molecular weight is 413 g/mol. The number of amides is 1. The fraction of sp³-hybridized carbons (Fsp3) is 0.722. The molecule has 6 nitrogen and oxygen atoms in total. The van der Waals surface area contributed by atoms with Gasteiger partial charge >= 0.3 is 0 Å². The number of hydrogen-bond donors (Lipinski definition) is 2. The van der Waals surface area contributed by atoms with Crippen LogP contribution in [0.25, 0.3) is 0 Å². The smallest absolute Gasteiger partial charge is 0.283 e. The minimum atomic E-state index is -0.450. The van der Waals surface area contributed by atoms with Crippen LogP contribution in [0.5, 0.6) is 0 Å². The van der Waals surface area contributed by atoms with Crippen LogP contribution in [-0.2, 0) is 11.3 Å². The SMILES string of the molecule is C[C@@H]1[C@@H](C)C(C)(C)[C@@H](C)C[C@H]1Nc1cnn(CCC(N)=O)c(=O)c1Br. The highest BCUT2D eigenvalue weighted by atomic mass is 79.9. The summed E-state index contributed by atoms with van der Waals surface area (Å²) in [6, 6.07) is 0.289. The first-order valence-corrected chi connectivity index (χ1v) is 9.65. The molecule has 1 aromatic heterocycles. The van der Waals surface area contributed by atoms with Crippen LogP contribution in [-0.4, -0.2) is 21.7 Å². The van der Waals surface area contributed by atoms with Crippen molar-refractivity contribution in [3.8, 4) is 0 Å². The molecule has 4 atom stereocenters. The van der Waals surface area contributed by atoms with Crippen LogP contribution in [0, 0.1) is 23.2 Å². The Kier molecular flexibility index (Phi) is 5.97. The van der Waals surface area contributed by atoms with Gasteiger partial charge in [0.25, 0.3) is 5.56 Å². The quantitative estimate of drug-likeness (QED) is 0.777. The molecule has 0 saturated heterocycles. The molecule has 2 rings (SSSR count). The van der Waals surface area contributed by atoms with Gasteiger partial charge in [0.2, 0.25) is 5.91 Å². The van der Waals surface area contributed by atoms with Crippen molar-refractivity contribution >= 4 is 27.5 Å². The summed E-state index contributed by atoms with van der Waals surface area (Å²) < 4.78 is 1.71. The largest absolute Gasteiger partial charge is 0.380 e. The zero-order valence-corrected chi connectivity index (χ0v) is 17.3. The number of aryl methyl sites for hydroxylation is 1. The van der Waals surface area contributed by atoms with Crippen molar-refractivity contribution in [2.45, 2.75) is 60.0 Å². The van der Waals surface area contributed by atoms with Crippen LogP contribution in [0.3, 0.4) is 0 Å². The van der Waals surface area contributed by atoms with Crippen molar-refractivity contribution in [2.24, 2.45) is 28.9 Å². The fourth-order valence-electron chi connectivity index (χ4n) is 3.71. The molecule has 1 aromatic rings. The number of hydrogen-bond acceptors (Lipinski definition) is 4. The van der Waals surface area contributed by atoms with Gasteiger partial charge < -0.3 is 11.1 Å². The van der Waals surface area contributed by atoms with E-state index < -0.39 is 5.91 Å². The van der Waals surface area contributed by atoms with E-state index in [1.54, 1.807) is 6.20 Å². The fourth-order valence-corrected chi connectivity index (χ4v) is 4.13. The summed E-state index contributed by atoms with van der Waals surface area (Å²) in [5.41, 5.74) is 5.89. The predicted molar refractivity (Wildman–Crippen MR) is 103 cm³/mol. The second-order valence-corrected chi connectivity index (χ2v) is 8.77. The maximum Gasteiger partial charge on any atom is 0.283 e. The van der Waals surface area contributed by atoms with Crippen LogP contribution in [0.1, 0.15) is 47.5 Å². The Bertz CT molecular complexity index is 701. The maximum atomic E-state index is 12.4. The number of rotatable bonds is 5. The third-order valence-corrected chi connectivity index (χ3v) is 7.14. The van der Waals surface area contributed by atoms with Gasteiger partial charge in [0.1, 0.15) is 4.47 Å². The molecule has 3 N–H and O–H groups in total. The van der Waals surface area contributed by atoms with Gasteiger partial charge in [-0.1, -0.05) is 34.6 Å². The van der Waals surface area contributed by atoms with Crippen molar-refractivity contribution in [1.82, 2.24) is 9.78 Å². The van der Waals surface area contributed by atoms with Crippen LogP contribution >= 0.6 is 15.9 Å². The molecular formula is C18H29BrN4O2. The summed E-state index contributed by atoms with van der Waals surface area (Å²) in [5.74, 6) is 1.18. The van der Waals surface area contributed by atoms with Gasteiger partial charge in [-0.2, -0.15) is 5.10 Å². The molecule has 1 amide bonds. The summed E-state index contributed by atoms with van der Waals surface area (Å²) in [4.78, 5) is 23.3. The lowest BCUT2D eigenvalue weighted by Gasteiger charge is -2.50. The second kappa shape index (κ2) is 7.48. The van der Waals surface area contributed by atoms with Crippen LogP contribution in [0.4, 0.5) is 5.69 Å². The summed E-state index contributed by atoms with van der Waals surface area (Å²) in [5, 5.41) is 7.69. The van der Waals surface area contributed by atoms with E-state index >= 15 is 0 Å². The highest BCUT2D eigenvalue weighted by Gasteiger charge is 2.43. The molecule has 7 heteroatoms. The molecule has 1 aliphatic carbocycles. The van der Waals surface area contributed by atoms with Crippen molar-refractivity contribution in [2.75, 3.05) is 5.32 Å². The molecule has 0 radical (unpaired) electrons. The van der Waals surface area contributed by atoms with Gasteiger partial charge in [-0.05, 0) is 45.5 Å². The Morgan fingerprint density at radius 2 is 2.08 bits per heavy atom. The van der Waals surface area contributed by atoms with Gasteiger partial charge in [-0.3, -0.25) is 9.59 Å². The van der Waals surface area contributed by atoms with Crippen LogP contribution in [0.2, 0.25) is 0 Å². The van der Waals surface area contributed by atoms with E-state index in [0.29, 0.717) is 33.3 Å². The van der Waals surface area contributed by atoms with E-state index in [2.05, 4.69) is 61.0 Å². The monoisotopic (exact) mass is 412 g/mol. The summed E-state index contributed by atoms with van der Waals surface area (Å²) >= 11 is 3.39. The number of nitrogens with zero attached hydrogens (tertiary/aromatic N) is 2. The lowest BCUT2D eigenvalue weighted by atomic mass is 9.58. The molecule has 1 saturated carbocycles. The molecule has 1 aliphatic rings. The van der Waals surface area contributed by atoms with E-state index in [1.165, 1.54) is 4.68 Å². The standard InChI is InChI=1S/C18H29BrN4O2/c1-10-8-13(11(2)12(3)18(10,4)5)22-14-9-21-23(7-6-15(20)24)17(25)16(14)19/h9-13,22H,6-8H2,1-5H3,(H2,20,24)/t10-,11+,12+,13+/m0/s1. The molecule has 1 heterocycles. The van der Waals surface area contributed by atoms with Crippen molar-refractivity contribution in [3.05, 3.63) is 21.0 Å². The third kappa shape index (κ3) is 4.07. The number of nitrogens with two attached hydrogens (primary N) is 1. The van der Waals surface area contributed by atoms with Gasteiger partial charge in [-0.25, -0.2) is 4.68 Å². The van der Waals surface area contributed by atoms with Crippen molar-refractivity contribution < 1.29 is 4.79 Å². The Hall–Kier alpha value is -1.37. The number of nitrogens with one attached hydrogen (secondary N) is 1. The van der Waals surface area contributed by atoms with Crippen LogP contribution in [0.15, 0.2) is 15.5 Å². The highest BCUT2D eigenvalue weighted by Crippen LogP contribution is 2.48. The zero-order chi connectivity index (χ0) is 18.9. The normalized spacial score (nSPS) is 28.6. The number of halogens is 1. The molecule has 0 aliphatic heterocycles. The maximum absolute atomic E-state index is 12.4. The van der Waals surface area contributed by atoms with Gasteiger partial charge in [0.15, 0.2) is 0 Å². The van der Waals surface area contributed by atoms with E-state index in [9.17, 15) is 9.59 Å². The topological polar surface area (TPSA) is 90.0 Å². The van der Waals surface area contributed by atoms with Crippen molar-refractivity contribution in [1.29, 1.82) is 0 Å². The summed E-state index contributed by atoms with van der Waals surface area (Å²) in [6.45, 7) is 11.7. The number of aromatic nitrogens is 2. The van der Waals surface area contributed by atoms with E-state index in [0.717, 1.165) is 6.42 Å². The van der Waals surface area contributed by atoms with Crippen LogP contribution < -0.4 is 16.6 Å². The molecular weight excluding hydrogens is 384 g/mol. The molecule has 0 unspecified atom stereocenters. The van der Waals surface area contributed by atoms with E-state index in [1.807, 2.05) is 0 Å². The molecule has 0 bridgehead atoms. The number of anilines is 1. The number of carbonyl (C=O) groups is 1. The lowest BCUT2D eigenvalue weighted by molar-refractivity contribution is -0.118. The Balaban J connectivity index is 2.19. The Labute approximate surface area is 157 Å². The van der Waals surface area contributed by atoms with Crippen molar-refractivity contribution in [3.63, 3.8) is 0 Å². The first kappa shape index (κ1) is 19.9. The number of primary amides is 1. The molecule has 1 fully saturated rings. The van der Waals surface area contributed by atoms with Gasteiger partial charge in [0.05, 0.1) is 18.4 Å². The Morgan fingerprint density at radius 1 is 1.44 bits per heavy atom. The minimum absolute atomic E-state index is 0.0931. The molecule has 0 aromatic carbocycles. The van der Waals surface area contributed by atoms with Gasteiger partial charge in [0, 0.05) is 12.5 Å². The molecule has 140 valence electrons. The first-order chi connectivity index (χ1) is 11.6. The lowest BCUT2D eigenvalue weighted by Crippen LogP contribution is -2.48. The highest BCUT2D eigenvalue weighted by molar-refractivity contribution is 9.10. The summed E-state index contributed by atoms with van der Waals surface area (Å²) in [7, 11) is 0. The number of carbonyl (C=O) groups excluding carboxylic acids is 1.